The van der Waals surface area contributed by atoms with Gasteiger partial charge in [-0.3, -0.25) is 24.5 Å². The van der Waals surface area contributed by atoms with Gasteiger partial charge < -0.3 is 10.2 Å². The predicted octanol–water partition coefficient (Wildman–Crippen LogP) is 3.07. The molecular weight excluding hydrogens is 482 g/mol. The van der Waals surface area contributed by atoms with Crippen LogP contribution in [0.1, 0.15) is 40.0 Å². The lowest BCUT2D eigenvalue weighted by Crippen LogP contribution is -2.73. The molecule has 9 heteroatoms. The lowest BCUT2D eigenvalue weighted by atomic mass is 9.39. The minimum Gasteiger partial charge on any atom is -0.390 e. The Kier molecular flexibility index (Phi) is 5.06. The van der Waals surface area contributed by atoms with Crippen molar-refractivity contribution in [1.82, 2.24) is 4.98 Å². The minimum absolute atomic E-state index is 0.0587. The monoisotopic (exact) mass is 514 g/mol. The second-order valence-electron chi connectivity index (χ2n) is 12.1. The molecule has 1 aliphatic heterocycles. The number of alkyl halides is 2. The highest BCUT2D eigenvalue weighted by Crippen LogP contribution is 2.77. The number of carbonyl (C=O) groups excluding carboxylic acids is 2. The number of fused-ring (bicyclic) bond motifs is 7. The van der Waals surface area contributed by atoms with Crippen molar-refractivity contribution < 1.29 is 33.4 Å². The number of allylic oxidation sites excluding steroid dienone is 4. The molecule has 7 nitrogen and oxygen atoms in total. The third kappa shape index (κ3) is 2.68. The van der Waals surface area contributed by atoms with Crippen molar-refractivity contribution in [1.29, 1.82) is 0 Å². The third-order valence-electron chi connectivity index (χ3n) is 10.9. The van der Waals surface area contributed by atoms with Crippen LogP contribution in [0.25, 0.3) is 0 Å². The fraction of sp³-hybridized carbons (Fsp3) is 0.607. The Bertz CT molecular complexity index is 1240. The second-order valence-corrected chi connectivity index (χ2v) is 12.1. The van der Waals surface area contributed by atoms with E-state index in [4.69, 9.17) is 4.84 Å². The summed E-state index contributed by atoms with van der Waals surface area (Å²) in [7, 11) is 0. The van der Waals surface area contributed by atoms with Gasteiger partial charge in [0.25, 0.3) is 0 Å². The quantitative estimate of drug-likeness (QED) is 0.640. The SMILES string of the molecule is C[C@]12C[C@H](O)[C@@]3(F)[C@@H](C[C@H](F)C4=CC(=O)C=C[C@@]43C)[C@]1(C)C[C@H]1CN(c3cccnc3)O[C@]12C(=O)CO. The van der Waals surface area contributed by atoms with Gasteiger partial charge in [-0.15, -0.1) is 0 Å². The van der Waals surface area contributed by atoms with E-state index < -0.39 is 69.8 Å². The van der Waals surface area contributed by atoms with Crippen LogP contribution in [0.15, 0.2) is 48.3 Å². The summed E-state index contributed by atoms with van der Waals surface area (Å²) in [5, 5.41) is 23.3. The molecule has 2 N–H and O–H groups in total. The number of halogens is 2. The van der Waals surface area contributed by atoms with Crippen molar-refractivity contribution in [2.24, 2.45) is 28.1 Å². The summed E-state index contributed by atoms with van der Waals surface area (Å²) in [5.41, 5.74) is -6.68. The van der Waals surface area contributed by atoms with E-state index in [1.54, 1.807) is 36.5 Å². The Morgan fingerprint density at radius 2 is 2.05 bits per heavy atom. The van der Waals surface area contributed by atoms with Gasteiger partial charge in [0.1, 0.15) is 12.8 Å². The largest absolute Gasteiger partial charge is 0.390 e. The van der Waals surface area contributed by atoms with Gasteiger partial charge in [0, 0.05) is 28.9 Å². The number of aromatic nitrogens is 1. The molecule has 2 heterocycles. The molecule has 4 aliphatic carbocycles. The van der Waals surface area contributed by atoms with E-state index >= 15 is 8.78 Å². The number of ketones is 2. The van der Waals surface area contributed by atoms with Gasteiger partial charge in [-0.05, 0) is 61.5 Å². The van der Waals surface area contributed by atoms with E-state index in [9.17, 15) is 19.8 Å². The molecule has 4 fully saturated rings. The molecule has 0 unspecified atom stereocenters. The minimum atomic E-state index is -2.27. The Balaban J connectivity index is 1.50. The van der Waals surface area contributed by atoms with Gasteiger partial charge in [-0.1, -0.05) is 19.9 Å². The number of Topliss-reactive ketones (excluding diaryl/α,β-unsaturated/α-hetero) is 1. The van der Waals surface area contributed by atoms with Crippen molar-refractivity contribution in [3.05, 3.63) is 48.3 Å². The molecular formula is C28H32F2N2O5. The number of hydroxylamine groups is 1. The maximum absolute atomic E-state index is 17.6. The molecule has 6 rings (SSSR count). The summed E-state index contributed by atoms with van der Waals surface area (Å²) in [6, 6.07) is 3.55. The van der Waals surface area contributed by atoms with E-state index in [1.165, 1.54) is 18.2 Å². The van der Waals surface area contributed by atoms with E-state index in [2.05, 4.69) is 4.98 Å². The molecule has 0 aromatic carbocycles. The van der Waals surface area contributed by atoms with Crippen LogP contribution in [-0.4, -0.2) is 63.5 Å². The lowest BCUT2D eigenvalue weighted by Gasteiger charge is -2.67. The maximum atomic E-state index is 17.6. The Morgan fingerprint density at radius 3 is 2.73 bits per heavy atom. The Morgan fingerprint density at radius 1 is 1.30 bits per heavy atom. The number of aliphatic hydroxyl groups is 2. The van der Waals surface area contributed by atoms with Gasteiger partial charge in [-0.25, -0.2) is 8.78 Å². The molecule has 3 saturated carbocycles. The fourth-order valence-electron chi connectivity index (χ4n) is 8.98. The number of hydrogen-bond donors (Lipinski definition) is 2. The molecule has 9 atom stereocenters. The summed E-state index contributed by atoms with van der Waals surface area (Å²) in [4.78, 5) is 36.3. The average molecular weight is 515 g/mol. The van der Waals surface area contributed by atoms with Gasteiger partial charge in [0.15, 0.2) is 22.8 Å². The predicted molar refractivity (Wildman–Crippen MR) is 130 cm³/mol. The molecule has 1 saturated heterocycles. The molecule has 0 spiro atoms. The topological polar surface area (TPSA) is 100.0 Å². The summed E-state index contributed by atoms with van der Waals surface area (Å²) >= 11 is 0. The van der Waals surface area contributed by atoms with Gasteiger partial charge in [0.05, 0.1) is 24.5 Å². The smallest absolute Gasteiger partial charge is 0.193 e. The normalized spacial score (nSPS) is 48.1. The number of carbonyl (C=O) groups is 2. The zero-order valence-corrected chi connectivity index (χ0v) is 21.2. The zero-order valence-electron chi connectivity index (χ0n) is 21.2. The van der Waals surface area contributed by atoms with Gasteiger partial charge >= 0.3 is 0 Å². The first-order chi connectivity index (χ1) is 17.4. The summed E-state index contributed by atoms with van der Waals surface area (Å²) < 4.78 is 33.4. The molecule has 0 bridgehead atoms. The van der Waals surface area contributed by atoms with Crippen LogP contribution in [0.3, 0.4) is 0 Å². The van der Waals surface area contributed by atoms with Crippen LogP contribution < -0.4 is 5.06 Å². The molecule has 198 valence electrons. The van der Waals surface area contributed by atoms with Crippen molar-refractivity contribution in [3.8, 4) is 0 Å². The highest BCUT2D eigenvalue weighted by molar-refractivity contribution is 6.01. The number of aliphatic hydroxyl groups excluding tert-OH is 2. The standard InChI is InChI=1S/C28H32F2N2O5/c1-24-7-6-18(34)9-19(24)20(29)10-21-25(2)11-16-14-32(17-5-4-8-31-13-17)37-28(16,23(36)15-33)26(25,3)12-22(35)27(21,24)30/h4-9,13,16,20-22,33,35H,10-12,14-15H2,1-3H3/t16-,20-,21-,22-,24-,25-,26-,27-,28-/m0/s1. The fourth-order valence-corrected chi connectivity index (χ4v) is 8.98. The molecule has 0 amide bonds. The third-order valence-corrected chi connectivity index (χ3v) is 10.9. The molecule has 1 aromatic rings. The lowest BCUT2D eigenvalue weighted by molar-refractivity contribution is -0.256. The van der Waals surface area contributed by atoms with Crippen molar-refractivity contribution in [2.45, 2.75) is 63.6 Å². The summed E-state index contributed by atoms with van der Waals surface area (Å²) in [6.45, 7) is 4.79. The molecule has 0 radical (unpaired) electrons. The molecule has 37 heavy (non-hydrogen) atoms. The maximum Gasteiger partial charge on any atom is 0.193 e. The first-order valence-electron chi connectivity index (χ1n) is 12.9. The Labute approximate surface area is 214 Å². The van der Waals surface area contributed by atoms with Crippen LogP contribution in [-0.2, 0) is 14.4 Å². The molecule has 1 aromatic heterocycles. The van der Waals surface area contributed by atoms with Crippen molar-refractivity contribution in [2.75, 3.05) is 18.2 Å². The summed E-state index contributed by atoms with van der Waals surface area (Å²) in [6.07, 6.45) is 3.93. The van der Waals surface area contributed by atoms with E-state index in [-0.39, 0.29) is 18.4 Å². The number of nitrogens with zero attached hydrogens (tertiary/aromatic N) is 2. The van der Waals surface area contributed by atoms with E-state index in [0.717, 1.165) is 0 Å². The van der Waals surface area contributed by atoms with Gasteiger partial charge in [-0.2, -0.15) is 0 Å². The number of rotatable bonds is 3. The van der Waals surface area contributed by atoms with E-state index in [1.807, 2.05) is 13.8 Å². The number of anilines is 1. The highest BCUT2D eigenvalue weighted by Gasteiger charge is 2.83. The van der Waals surface area contributed by atoms with Crippen LogP contribution >= 0.6 is 0 Å². The first kappa shape index (κ1) is 24.8. The average Bonchev–Trinajstić information content (AvgIpc) is 3.34. The van der Waals surface area contributed by atoms with Crippen LogP contribution in [0, 0.1) is 28.1 Å². The Hall–Kier alpha value is -2.49. The highest BCUT2D eigenvalue weighted by atomic mass is 19.1. The zero-order chi connectivity index (χ0) is 26.6. The van der Waals surface area contributed by atoms with Crippen LogP contribution in [0.2, 0.25) is 0 Å². The van der Waals surface area contributed by atoms with E-state index in [0.29, 0.717) is 18.7 Å². The first-order valence-corrected chi connectivity index (χ1v) is 12.9. The summed E-state index contributed by atoms with van der Waals surface area (Å²) in [5.74, 6) is -2.32. The van der Waals surface area contributed by atoms with Crippen LogP contribution in [0.4, 0.5) is 14.5 Å². The van der Waals surface area contributed by atoms with Crippen LogP contribution in [0.5, 0.6) is 0 Å². The second kappa shape index (κ2) is 7.55. The van der Waals surface area contributed by atoms with Crippen molar-refractivity contribution >= 4 is 17.3 Å². The van der Waals surface area contributed by atoms with Gasteiger partial charge in [0.2, 0.25) is 0 Å². The number of hydrogen-bond acceptors (Lipinski definition) is 7. The van der Waals surface area contributed by atoms with Crippen molar-refractivity contribution in [3.63, 3.8) is 0 Å². The molecule has 5 aliphatic rings. The number of pyridine rings is 1.